The number of ether oxygens (including phenoxy) is 1. The summed E-state index contributed by atoms with van der Waals surface area (Å²) in [7, 11) is 0. The van der Waals surface area contributed by atoms with E-state index < -0.39 is 5.97 Å². The van der Waals surface area contributed by atoms with Gasteiger partial charge in [0.05, 0.1) is 5.02 Å². The summed E-state index contributed by atoms with van der Waals surface area (Å²) in [6.07, 6.45) is 3.09. The van der Waals surface area contributed by atoms with Gasteiger partial charge in [0.1, 0.15) is 4.88 Å². The van der Waals surface area contributed by atoms with Crippen LogP contribution in [0.15, 0.2) is 24.3 Å². The maximum absolute atomic E-state index is 12.0. The number of carbonyl (C=O) groups excluding carboxylic acids is 2. The minimum absolute atomic E-state index is 0.282. The standard InChI is InChI=1S/C16H18ClNO3S/c1-2-3-6-9-18-13(19)10-21-16(20)15-14(17)11-7-4-5-8-12(11)22-15/h4-5,7-8H,2-3,6,9-10H2,1H3,(H,18,19). The first-order valence-corrected chi connectivity index (χ1v) is 8.43. The molecule has 118 valence electrons. The minimum atomic E-state index is -0.560. The first-order chi connectivity index (χ1) is 10.6. The van der Waals surface area contributed by atoms with Crippen molar-refractivity contribution in [1.29, 1.82) is 0 Å². The monoisotopic (exact) mass is 339 g/mol. The first-order valence-electron chi connectivity index (χ1n) is 7.24. The average molecular weight is 340 g/mol. The molecule has 0 fully saturated rings. The van der Waals surface area contributed by atoms with E-state index in [0.717, 1.165) is 29.3 Å². The second kappa shape index (κ2) is 8.15. The van der Waals surface area contributed by atoms with Gasteiger partial charge in [-0.1, -0.05) is 49.6 Å². The van der Waals surface area contributed by atoms with Crippen LogP contribution in [0, 0.1) is 0 Å². The van der Waals surface area contributed by atoms with Crippen molar-refractivity contribution < 1.29 is 14.3 Å². The van der Waals surface area contributed by atoms with Gasteiger partial charge in [0.25, 0.3) is 5.91 Å². The highest BCUT2D eigenvalue weighted by Gasteiger charge is 2.19. The molecule has 0 aliphatic heterocycles. The zero-order chi connectivity index (χ0) is 15.9. The molecule has 0 spiro atoms. The predicted octanol–water partition coefficient (Wildman–Crippen LogP) is 4.02. The van der Waals surface area contributed by atoms with Crippen molar-refractivity contribution in [3.8, 4) is 0 Å². The van der Waals surface area contributed by atoms with Gasteiger partial charge in [-0.15, -0.1) is 11.3 Å². The Morgan fingerprint density at radius 1 is 1.27 bits per heavy atom. The molecule has 0 saturated carbocycles. The molecular weight excluding hydrogens is 322 g/mol. The van der Waals surface area contributed by atoms with E-state index in [4.69, 9.17) is 16.3 Å². The average Bonchev–Trinajstić information content (AvgIpc) is 2.87. The second-order valence-electron chi connectivity index (χ2n) is 4.87. The van der Waals surface area contributed by atoms with Gasteiger partial charge in [0.15, 0.2) is 6.61 Å². The summed E-state index contributed by atoms with van der Waals surface area (Å²) in [6, 6.07) is 7.49. The fourth-order valence-corrected chi connectivity index (χ4v) is 3.40. The summed E-state index contributed by atoms with van der Waals surface area (Å²) in [5, 5.41) is 3.93. The summed E-state index contributed by atoms with van der Waals surface area (Å²) < 4.78 is 5.95. The van der Waals surface area contributed by atoms with Gasteiger partial charge < -0.3 is 10.1 Å². The van der Waals surface area contributed by atoms with Crippen LogP contribution in [0.5, 0.6) is 0 Å². The lowest BCUT2D eigenvalue weighted by Gasteiger charge is -2.05. The van der Waals surface area contributed by atoms with Gasteiger partial charge in [-0.05, 0) is 12.5 Å². The molecule has 1 aromatic heterocycles. The zero-order valence-corrected chi connectivity index (χ0v) is 13.9. The molecular formula is C16H18ClNO3S. The van der Waals surface area contributed by atoms with E-state index in [2.05, 4.69) is 12.2 Å². The van der Waals surface area contributed by atoms with E-state index in [1.807, 2.05) is 24.3 Å². The molecule has 2 rings (SSSR count). The van der Waals surface area contributed by atoms with Gasteiger partial charge in [-0.25, -0.2) is 4.79 Å². The smallest absolute Gasteiger partial charge is 0.350 e. The summed E-state index contributed by atoms with van der Waals surface area (Å²) >= 11 is 7.46. The second-order valence-corrected chi connectivity index (χ2v) is 6.30. The number of nitrogens with one attached hydrogen (secondary N) is 1. The van der Waals surface area contributed by atoms with Gasteiger partial charge in [0, 0.05) is 16.6 Å². The molecule has 4 nitrogen and oxygen atoms in total. The lowest BCUT2D eigenvalue weighted by atomic mass is 10.2. The number of amides is 1. The van der Waals surface area contributed by atoms with Crippen molar-refractivity contribution in [3.05, 3.63) is 34.2 Å². The van der Waals surface area contributed by atoms with Crippen LogP contribution in [0.25, 0.3) is 10.1 Å². The summed E-state index contributed by atoms with van der Waals surface area (Å²) in [4.78, 5) is 24.0. The van der Waals surface area contributed by atoms with Crippen LogP contribution in [0.2, 0.25) is 5.02 Å². The van der Waals surface area contributed by atoms with E-state index in [1.54, 1.807) is 0 Å². The van der Waals surface area contributed by atoms with Crippen LogP contribution in [-0.2, 0) is 9.53 Å². The highest BCUT2D eigenvalue weighted by atomic mass is 35.5. The number of rotatable bonds is 7. The third kappa shape index (κ3) is 4.21. The molecule has 1 heterocycles. The quantitative estimate of drug-likeness (QED) is 0.612. The Hall–Kier alpha value is -1.59. The van der Waals surface area contributed by atoms with Crippen LogP contribution in [-0.4, -0.2) is 25.0 Å². The third-order valence-electron chi connectivity index (χ3n) is 3.16. The molecule has 0 aliphatic rings. The number of esters is 1. The van der Waals surface area contributed by atoms with Crippen molar-refractivity contribution in [2.24, 2.45) is 0 Å². The molecule has 1 aromatic carbocycles. The molecule has 0 radical (unpaired) electrons. The topological polar surface area (TPSA) is 55.4 Å². The van der Waals surface area contributed by atoms with Crippen LogP contribution < -0.4 is 5.32 Å². The number of hydrogen-bond acceptors (Lipinski definition) is 4. The van der Waals surface area contributed by atoms with Crippen molar-refractivity contribution in [2.45, 2.75) is 26.2 Å². The van der Waals surface area contributed by atoms with E-state index in [1.165, 1.54) is 11.3 Å². The third-order valence-corrected chi connectivity index (χ3v) is 4.81. The molecule has 0 aliphatic carbocycles. The van der Waals surface area contributed by atoms with Crippen molar-refractivity contribution >= 4 is 44.9 Å². The van der Waals surface area contributed by atoms with E-state index >= 15 is 0 Å². The van der Waals surface area contributed by atoms with Gasteiger partial charge in [-0.3, -0.25) is 4.79 Å². The maximum Gasteiger partial charge on any atom is 0.350 e. The Labute approximate surface area is 138 Å². The number of unbranched alkanes of at least 4 members (excludes halogenated alkanes) is 2. The lowest BCUT2D eigenvalue weighted by molar-refractivity contribution is -0.124. The Bertz CT molecular complexity index is 668. The number of fused-ring (bicyclic) bond motifs is 1. The fraction of sp³-hybridized carbons (Fsp3) is 0.375. The summed E-state index contributed by atoms with van der Waals surface area (Å²) in [5.41, 5.74) is 0. The zero-order valence-electron chi connectivity index (χ0n) is 12.4. The number of carbonyl (C=O) groups is 2. The van der Waals surface area contributed by atoms with Crippen molar-refractivity contribution in [3.63, 3.8) is 0 Å². The molecule has 1 amide bonds. The molecule has 0 bridgehead atoms. The van der Waals surface area contributed by atoms with E-state index in [-0.39, 0.29) is 12.5 Å². The Kier molecular flexibility index (Phi) is 6.21. The number of thiophene rings is 1. The summed E-state index contributed by atoms with van der Waals surface area (Å²) in [6.45, 7) is 2.42. The van der Waals surface area contributed by atoms with Crippen LogP contribution >= 0.6 is 22.9 Å². The largest absolute Gasteiger partial charge is 0.451 e. The highest BCUT2D eigenvalue weighted by Crippen LogP contribution is 2.35. The lowest BCUT2D eigenvalue weighted by Crippen LogP contribution is -2.29. The molecule has 2 aromatic rings. The number of benzene rings is 1. The van der Waals surface area contributed by atoms with Gasteiger partial charge in [-0.2, -0.15) is 0 Å². The SMILES string of the molecule is CCCCCNC(=O)COC(=O)c1sc2ccccc2c1Cl. The molecule has 22 heavy (non-hydrogen) atoms. The van der Waals surface area contributed by atoms with Gasteiger partial charge in [0.2, 0.25) is 0 Å². The molecule has 6 heteroatoms. The maximum atomic E-state index is 12.0. The molecule has 0 saturated heterocycles. The predicted molar refractivity (Wildman–Crippen MR) is 89.7 cm³/mol. The van der Waals surface area contributed by atoms with E-state index in [9.17, 15) is 9.59 Å². The van der Waals surface area contributed by atoms with Crippen LogP contribution in [0.4, 0.5) is 0 Å². The van der Waals surface area contributed by atoms with Gasteiger partial charge >= 0.3 is 5.97 Å². The first kappa shape index (κ1) is 16.8. The molecule has 0 atom stereocenters. The van der Waals surface area contributed by atoms with Crippen molar-refractivity contribution in [1.82, 2.24) is 5.32 Å². The Balaban J connectivity index is 1.89. The number of halogens is 1. The Morgan fingerprint density at radius 2 is 2.05 bits per heavy atom. The summed E-state index contributed by atoms with van der Waals surface area (Å²) in [5.74, 6) is -0.850. The highest BCUT2D eigenvalue weighted by molar-refractivity contribution is 7.21. The molecule has 1 N–H and O–H groups in total. The fourth-order valence-electron chi connectivity index (χ4n) is 2.00. The Morgan fingerprint density at radius 3 is 2.77 bits per heavy atom. The normalized spacial score (nSPS) is 10.6. The van der Waals surface area contributed by atoms with Crippen LogP contribution in [0.3, 0.4) is 0 Å². The van der Waals surface area contributed by atoms with E-state index in [0.29, 0.717) is 16.4 Å². The minimum Gasteiger partial charge on any atom is -0.451 e. The molecule has 0 unspecified atom stereocenters. The number of hydrogen-bond donors (Lipinski definition) is 1. The van der Waals surface area contributed by atoms with Crippen molar-refractivity contribution in [2.75, 3.05) is 13.2 Å². The van der Waals surface area contributed by atoms with Crippen LogP contribution in [0.1, 0.15) is 35.9 Å².